The Labute approximate surface area is 167 Å². The Morgan fingerprint density at radius 2 is 1.52 bits per heavy atom. The molecule has 0 atom stereocenters. The van der Waals surface area contributed by atoms with E-state index in [4.69, 9.17) is 4.74 Å². The summed E-state index contributed by atoms with van der Waals surface area (Å²) in [5.74, 6) is -1.75. The van der Waals surface area contributed by atoms with Crippen molar-refractivity contribution in [3.63, 3.8) is 0 Å². The second-order valence-electron chi connectivity index (χ2n) is 6.51. The highest BCUT2D eigenvalue weighted by Gasteiger charge is 2.17. The van der Waals surface area contributed by atoms with Crippen molar-refractivity contribution >= 4 is 11.4 Å². The van der Waals surface area contributed by atoms with Gasteiger partial charge in [-0.05, 0) is 41.8 Å². The summed E-state index contributed by atoms with van der Waals surface area (Å²) in [4.78, 5) is 12.2. The predicted octanol–water partition coefficient (Wildman–Crippen LogP) is 4.14. The average Bonchev–Trinajstić information content (AvgIpc) is 2.71. The van der Waals surface area contributed by atoms with E-state index in [2.05, 4.69) is 6.58 Å². The van der Waals surface area contributed by atoms with E-state index in [-0.39, 0.29) is 41.1 Å². The Kier molecular flexibility index (Phi) is 5.45. The normalized spacial score (nSPS) is 10.5. The predicted molar refractivity (Wildman–Crippen MR) is 109 cm³/mol. The molecule has 3 aromatic rings. The summed E-state index contributed by atoms with van der Waals surface area (Å²) >= 11 is 0. The second-order valence-corrected chi connectivity index (χ2v) is 6.51. The summed E-state index contributed by atoms with van der Waals surface area (Å²) in [5.41, 5.74) is 2.19. The number of rotatable bonds is 6. The summed E-state index contributed by atoms with van der Waals surface area (Å²) < 4.78 is 5.33. The van der Waals surface area contributed by atoms with Gasteiger partial charge in [0.25, 0.3) is 0 Å². The fourth-order valence-corrected chi connectivity index (χ4v) is 2.93. The maximum Gasteiger partial charge on any atom is 0.203 e. The molecule has 0 aliphatic carbocycles. The molecule has 0 saturated carbocycles. The molecule has 0 amide bonds. The first kappa shape index (κ1) is 19.8. The molecule has 0 saturated heterocycles. The summed E-state index contributed by atoms with van der Waals surface area (Å²) in [6, 6.07) is 14.1. The molecule has 0 aromatic heterocycles. The number of benzene rings is 3. The maximum atomic E-state index is 12.2. The highest BCUT2D eigenvalue weighted by molar-refractivity contribution is 5.97. The molecule has 0 aliphatic heterocycles. The molecule has 148 valence electrons. The molecule has 0 heterocycles. The van der Waals surface area contributed by atoms with Crippen LogP contribution >= 0.6 is 0 Å². The number of carbonyl (C=O) groups is 1. The molecule has 6 heteroatoms. The van der Waals surface area contributed by atoms with Gasteiger partial charge >= 0.3 is 0 Å². The lowest BCUT2D eigenvalue weighted by Crippen LogP contribution is -2.11. The van der Waals surface area contributed by atoms with Gasteiger partial charge in [-0.1, -0.05) is 43.0 Å². The SMILES string of the molecule is C=C(c1cc(O)c(OCC(=O)c2ccccc2)c(O)c1)c1ccc(O)c(O)c1C. The van der Waals surface area contributed by atoms with Crippen molar-refractivity contribution in [3.05, 3.63) is 83.4 Å². The first-order chi connectivity index (χ1) is 13.8. The lowest BCUT2D eigenvalue weighted by molar-refractivity contribution is 0.0918. The van der Waals surface area contributed by atoms with E-state index in [1.807, 2.05) is 0 Å². The number of ether oxygens (including phenoxy) is 1. The minimum Gasteiger partial charge on any atom is -0.504 e. The molecular weight excluding hydrogens is 372 g/mol. The van der Waals surface area contributed by atoms with E-state index in [9.17, 15) is 25.2 Å². The number of phenols is 4. The Hall–Kier alpha value is -3.93. The van der Waals surface area contributed by atoms with Gasteiger partial charge in [0.1, 0.15) is 0 Å². The lowest BCUT2D eigenvalue weighted by Gasteiger charge is -2.15. The number of hydrogen-bond acceptors (Lipinski definition) is 6. The molecule has 0 unspecified atom stereocenters. The smallest absolute Gasteiger partial charge is 0.203 e. The number of hydrogen-bond donors (Lipinski definition) is 4. The minimum absolute atomic E-state index is 0.212. The van der Waals surface area contributed by atoms with Gasteiger partial charge in [-0.15, -0.1) is 0 Å². The van der Waals surface area contributed by atoms with Crippen LogP contribution in [0.1, 0.15) is 27.0 Å². The quantitative estimate of drug-likeness (QED) is 0.371. The van der Waals surface area contributed by atoms with Crippen molar-refractivity contribution in [1.82, 2.24) is 0 Å². The topological polar surface area (TPSA) is 107 Å². The van der Waals surface area contributed by atoms with Crippen LogP contribution in [0.25, 0.3) is 5.57 Å². The van der Waals surface area contributed by atoms with E-state index in [1.54, 1.807) is 43.3 Å². The fraction of sp³-hybridized carbons (Fsp3) is 0.0870. The molecule has 29 heavy (non-hydrogen) atoms. The van der Waals surface area contributed by atoms with Crippen LogP contribution < -0.4 is 4.74 Å². The van der Waals surface area contributed by atoms with Gasteiger partial charge in [0.15, 0.2) is 35.4 Å². The third kappa shape index (κ3) is 4.01. The van der Waals surface area contributed by atoms with Crippen LogP contribution in [0.15, 0.2) is 61.2 Å². The van der Waals surface area contributed by atoms with Gasteiger partial charge in [-0.2, -0.15) is 0 Å². The molecule has 4 N–H and O–H groups in total. The Morgan fingerprint density at radius 1 is 0.897 bits per heavy atom. The van der Waals surface area contributed by atoms with E-state index < -0.39 is 0 Å². The van der Waals surface area contributed by atoms with Crippen LogP contribution in [0, 0.1) is 6.92 Å². The second kappa shape index (κ2) is 7.98. The molecule has 0 bridgehead atoms. The maximum absolute atomic E-state index is 12.2. The zero-order valence-corrected chi connectivity index (χ0v) is 15.7. The Bertz CT molecular complexity index is 1060. The summed E-state index contributed by atoms with van der Waals surface area (Å²) in [6.07, 6.45) is 0. The van der Waals surface area contributed by atoms with Gasteiger partial charge in [0, 0.05) is 11.1 Å². The summed E-state index contributed by atoms with van der Waals surface area (Å²) in [5, 5.41) is 40.1. The third-order valence-corrected chi connectivity index (χ3v) is 4.58. The molecule has 0 spiro atoms. The highest BCUT2D eigenvalue weighted by Crippen LogP contribution is 2.41. The highest BCUT2D eigenvalue weighted by atomic mass is 16.5. The van der Waals surface area contributed by atoms with Crippen LogP contribution in [-0.4, -0.2) is 32.8 Å². The van der Waals surface area contributed by atoms with Crippen molar-refractivity contribution in [2.24, 2.45) is 0 Å². The molecule has 0 aliphatic rings. The van der Waals surface area contributed by atoms with Crippen LogP contribution in [0.4, 0.5) is 0 Å². The lowest BCUT2D eigenvalue weighted by atomic mass is 9.94. The molecule has 3 rings (SSSR count). The summed E-state index contributed by atoms with van der Waals surface area (Å²) in [7, 11) is 0. The van der Waals surface area contributed by atoms with Crippen molar-refractivity contribution in [2.75, 3.05) is 6.61 Å². The van der Waals surface area contributed by atoms with E-state index in [0.29, 0.717) is 27.8 Å². The third-order valence-electron chi connectivity index (χ3n) is 4.58. The Morgan fingerprint density at radius 3 is 2.14 bits per heavy atom. The monoisotopic (exact) mass is 392 g/mol. The van der Waals surface area contributed by atoms with Gasteiger partial charge in [-0.3, -0.25) is 4.79 Å². The number of aromatic hydroxyl groups is 4. The molecule has 0 radical (unpaired) electrons. The molecular formula is C23H20O6. The van der Waals surface area contributed by atoms with Crippen molar-refractivity contribution in [3.8, 4) is 28.7 Å². The zero-order valence-electron chi connectivity index (χ0n) is 15.7. The van der Waals surface area contributed by atoms with Crippen LogP contribution in [0.2, 0.25) is 0 Å². The number of phenolic OH excluding ortho intramolecular Hbond substituents is 4. The van der Waals surface area contributed by atoms with Crippen LogP contribution in [0.3, 0.4) is 0 Å². The number of ketones is 1. The Balaban J connectivity index is 1.83. The van der Waals surface area contributed by atoms with Gasteiger partial charge in [0.05, 0.1) is 0 Å². The van der Waals surface area contributed by atoms with Crippen LogP contribution in [-0.2, 0) is 0 Å². The van der Waals surface area contributed by atoms with Crippen molar-refractivity contribution < 1.29 is 30.0 Å². The number of carbonyl (C=O) groups excluding carboxylic acids is 1. The van der Waals surface area contributed by atoms with Gasteiger partial charge in [0.2, 0.25) is 5.75 Å². The summed E-state index contributed by atoms with van der Waals surface area (Å²) in [6.45, 7) is 5.20. The number of Topliss-reactive ketones (excluding diaryl/α,β-unsaturated/α-hetero) is 1. The van der Waals surface area contributed by atoms with Gasteiger partial charge in [-0.25, -0.2) is 0 Å². The minimum atomic E-state index is -0.359. The first-order valence-corrected chi connectivity index (χ1v) is 8.77. The fourth-order valence-electron chi connectivity index (χ4n) is 2.93. The molecule has 3 aromatic carbocycles. The van der Waals surface area contributed by atoms with Crippen LogP contribution in [0.5, 0.6) is 28.7 Å². The van der Waals surface area contributed by atoms with E-state index in [0.717, 1.165) is 0 Å². The first-order valence-electron chi connectivity index (χ1n) is 8.77. The van der Waals surface area contributed by atoms with Crippen molar-refractivity contribution in [2.45, 2.75) is 6.92 Å². The average molecular weight is 392 g/mol. The van der Waals surface area contributed by atoms with E-state index in [1.165, 1.54) is 18.2 Å². The molecule has 6 nitrogen and oxygen atoms in total. The standard InChI is InChI=1S/C23H20O6/c1-13(17-8-9-18(24)22(28)14(17)2)16-10-19(25)23(20(26)11-16)29-12-21(27)15-6-4-3-5-7-15/h3-11,24-26,28H,1,12H2,2H3. The van der Waals surface area contributed by atoms with E-state index >= 15 is 0 Å². The van der Waals surface area contributed by atoms with Gasteiger partial charge < -0.3 is 25.2 Å². The van der Waals surface area contributed by atoms with Crippen molar-refractivity contribution in [1.29, 1.82) is 0 Å². The molecule has 0 fully saturated rings. The zero-order chi connectivity index (χ0) is 21.1. The largest absolute Gasteiger partial charge is 0.504 e.